The Morgan fingerprint density at radius 1 is 1.26 bits per heavy atom. The molecule has 0 saturated heterocycles. The molecule has 0 radical (unpaired) electrons. The molecule has 2 aromatic heterocycles. The molecule has 0 bridgehead atoms. The summed E-state index contributed by atoms with van der Waals surface area (Å²) in [5.74, 6) is -0.629. The Morgan fingerprint density at radius 2 is 2.05 bits per heavy atom. The molecular formula is C26H31BrN6O5. The topological polar surface area (TPSA) is 151 Å². The summed E-state index contributed by atoms with van der Waals surface area (Å²) >= 11 is 3.46. The second kappa shape index (κ2) is 11.6. The maximum Gasteiger partial charge on any atom is 0.408 e. The first-order valence-corrected chi connectivity index (χ1v) is 13.0. The van der Waals surface area contributed by atoms with E-state index in [-0.39, 0.29) is 29.5 Å². The summed E-state index contributed by atoms with van der Waals surface area (Å²) in [5, 5.41) is 30.8. The van der Waals surface area contributed by atoms with E-state index in [0.29, 0.717) is 13.0 Å². The molecule has 4 atom stereocenters. The highest BCUT2D eigenvalue weighted by Gasteiger charge is 2.44. The number of amides is 1. The molecule has 0 aliphatic heterocycles. The molecule has 11 nitrogen and oxygen atoms in total. The molecule has 1 aliphatic carbocycles. The lowest BCUT2D eigenvalue weighted by atomic mass is 10.1. The average Bonchev–Trinajstić information content (AvgIpc) is 3.43. The number of aliphatic hydroxyl groups excluding tert-OH is 2. The summed E-state index contributed by atoms with van der Waals surface area (Å²) in [7, 11) is 0. The predicted octanol–water partition coefficient (Wildman–Crippen LogP) is 2.76. The summed E-state index contributed by atoms with van der Waals surface area (Å²) < 4.78 is 7.97. The number of nitrogens with zero attached hydrogens (tertiary/aromatic N) is 4. The number of aromatic nitrogens is 4. The minimum absolute atomic E-state index is 0.193. The number of aliphatic hydroxyl groups is 2. The maximum absolute atomic E-state index is 13.4. The minimum atomic E-state index is -1.03. The minimum Gasteiger partial charge on any atom is -0.444 e. The van der Waals surface area contributed by atoms with Crippen LogP contribution in [0.2, 0.25) is 0 Å². The van der Waals surface area contributed by atoms with Crippen LogP contribution < -0.4 is 10.6 Å². The molecule has 1 aromatic carbocycles. The van der Waals surface area contributed by atoms with Crippen molar-refractivity contribution in [2.75, 3.05) is 11.9 Å². The standard InChI is InChI=1S/C26H31BrN6O5/c1-26(2,3)38-25(37)31-21-20(10-16(13-34)22(21)35)30-24-18(11-28-14-29-24)23(36)19-7-8-33(32-19)12-15-5-4-6-17(27)9-15/h4-9,11,14,16,20-22,34-35H,10,12-13H2,1-3H3,(H,31,37)(H,28,29,30)/t16-,20-,21+,22-/m1/s1. The maximum atomic E-state index is 13.4. The van der Waals surface area contributed by atoms with Gasteiger partial charge in [0.15, 0.2) is 0 Å². The van der Waals surface area contributed by atoms with Gasteiger partial charge in [-0.2, -0.15) is 5.10 Å². The highest BCUT2D eigenvalue weighted by atomic mass is 79.9. The fourth-order valence-electron chi connectivity index (χ4n) is 4.42. The van der Waals surface area contributed by atoms with Crippen LogP contribution in [0.25, 0.3) is 0 Å². The zero-order valence-corrected chi connectivity index (χ0v) is 22.9. The van der Waals surface area contributed by atoms with Gasteiger partial charge >= 0.3 is 6.09 Å². The molecular weight excluding hydrogens is 556 g/mol. The molecule has 1 fully saturated rings. The van der Waals surface area contributed by atoms with Crippen LogP contribution in [0, 0.1) is 5.92 Å². The molecule has 2 heterocycles. The first-order valence-electron chi connectivity index (χ1n) is 12.2. The van der Waals surface area contributed by atoms with E-state index in [1.807, 2.05) is 24.3 Å². The summed E-state index contributed by atoms with van der Waals surface area (Å²) in [5.41, 5.74) is 0.715. The van der Waals surface area contributed by atoms with Gasteiger partial charge in [0.2, 0.25) is 5.78 Å². The third kappa shape index (κ3) is 6.74. The van der Waals surface area contributed by atoms with Crippen LogP contribution in [0.3, 0.4) is 0 Å². The molecule has 12 heteroatoms. The van der Waals surface area contributed by atoms with Crippen LogP contribution in [-0.4, -0.2) is 72.2 Å². The molecule has 1 amide bonds. The van der Waals surface area contributed by atoms with Crippen molar-refractivity contribution in [2.24, 2.45) is 5.92 Å². The van der Waals surface area contributed by atoms with Crippen LogP contribution in [0.1, 0.15) is 48.8 Å². The first kappa shape index (κ1) is 27.7. The van der Waals surface area contributed by atoms with E-state index in [1.165, 1.54) is 12.5 Å². The van der Waals surface area contributed by atoms with E-state index < -0.39 is 35.8 Å². The van der Waals surface area contributed by atoms with Crippen LogP contribution in [-0.2, 0) is 11.3 Å². The van der Waals surface area contributed by atoms with E-state index in [2.05, 4.69) is 41.6 Å². The van der Waals surface area contributed by atoms with E-state index in [9.17, 15) is 19.8 Å². The number of carbonyl (C=O) groups excluding carboxylic acids is 2. The van der Waals surface area contributed by atoms with Gasteiger partial charge in [0.1, 0.15) is 23.4 Å². The van der Waals surface area contributed by atoms with E-state index >= 15 is 0 Å². The Labute approximate surface area is 228 Å². The van der Waals surface area contributed by atoms with Crippen molar-refractivity contribution in [3.8, 4) is 0 Å². The molecule has 1 aliphatic rings. The van der Waals surface area contributed by atoms with Crippen molar-refractivity contribution >= 4 is 33.6 Å². The van der Waals surface area contributed by atoms with Crippen molar-refractivity contribution < 1.29 is 24.5 Å². The monoisotopic (exact) mass is 586 g/mol. The third-order valence-corrected chi connectivity index (χ3v) is 6.64. The van der Waals surface area contributed by atoms with Crippen LogP contribution in [0.5, 0.6) is 0 Å². The second-order valence-corrected chi connectivity index (χ2v) is 11.2. The van der Waals surface area contributed by atoms with E-state index in [4.69, 9.17) is 4.74 Å². The van der Waals surface area contributed by atoms with Gasteiger partial charge in [0.25, 0.3) is 0 Å². The Bertz CT molecular complexity index is 1290. The van der Waals surface area contributed by atoms with Gasteiger partial charge in [-0.1, -0.05) is 28.1 Å². The fourth-order valence-corrected chi connectivity index (χ4v) is 4.87. The number of ketones is 1. The number of ether oxygens (including phenoxy) is 1. The lowest BCUT2D eigenvalue weighted by Crippen LogP contribution is -2.51. The van der Waals surface area contributed by atoms with Crippen molar-refractivity contribution in [1.29, 1.82) is 0 Å². The molecule has 0 unspecified atom stereocenters. The number of carbonyl (C=O) groups is 2. The normalized spacial score (nSPS) is 21.2. The lowest BCUT2D eigenvalue weighted by molar-refractivity contribution is 0.0369. The first-order chi connectivity index (χ1) is 18.0. The Kier molecular flexibility index (Phi) is 8.44. The third-order valence-electron chi connectivity index (χ3n) is 6.14. The summed E-state index contributed by atoms with van der Waals surface area (Å²) in [4.78, 5) is 34.1. The number of anilines is 1. The van der Waals surface area contributed by atoms with Gasteiger partial charge in [0.05, 0.1) is 30.3 Å². The number of hydrogen-bond acceptors (Lipinski definition) is 9. The highest BCUT2D eigenvalue weighted by Crippen LogP contribution is 2.30. The van der Waals surface area contributed by atoms with Crippen LogP contribution >= 0.6 is 15.9 Å². The number of nitrogens with one attached hydrogen (secondary N) is 2. The van der Waals surface area contributed by atoms with Crippen molar-refractivity contribution in [1.82, 2.24) is 25.1 Å². The van der Waals surface area contributed by atoms with Gasteiger partial charge in [-0.15, -0.1) is 0 Å². The van der Waals surface area contributed by atoms with Crippen LogP contribution in [0.4, 0.5) is 10.6 Å². The lowest BCUT2D eigenvalue weighted by Gasteiger charge is -2.27. The van der Waals surface area contributed by atoms with Crippen molar-refractivity contribution in [2.45, 2.75) is 57.5 Å². The number of rotatable bonds is 8. The summed E-state index contributed by atoms with van der Waals surface area (Å²) in [6, 6.07) is 8.12. The van der Waals surface area contributed by atoms with Gasteiger partial charge in [-0.3, -0.25) is 9.48 Å². The van der Waals surface area contributed by atoms with Crippen molar-refractivity contribution in [3.63, 3.8) is 0 Å². The smallest absolute Gasteiger partial charge is 0.408 e. The summed E-state index contributed by atoms with van der Waals surface area (Å²) in [6.45, 7) is 5.44. The Balaban J connectivity index is 1.52. The number of benzene rings is 1. The van der Waals surface area contributed by atoms with Gasteiger partial charge in [-0.05, 0) is 51.0 Å². The zero-order valence-electron chi connectivity index (χ0n) is 21.3. The molecule has 4 N–H and O–H groups in total. The zero-order chi connectivity index (χ0) is 27.4. The number of halogens is 1. The number of alkyl carbamates (subject to hydrolysis) is 1. The van der Waals surface area contributed by atoms with E-state index in [0.717, 1.165) is 10.0 Å². The quantitative estimate of drug-likeness (QED) is 0.292. The van der Waals surface area contributed by atoms with Crippen LogP contribution in [0.15, 0.2) is 53.5 Å². The second-order valence-electron chi connectivity index (χ2n) is 10.2. The summed E-state index contributed by atoms with van der Waals surface area (Å²) in [6.07, 6.45) is 3.04. The average molecular weight is 587 g/mol. The van der Waals surface area contributed by atoms with Gasteiger partial charge in [0, 0.05) is 29.4 Å². The van der Waals surface area contributed by atoms with Gasteiger partial charge < -0.3 is 25.6 Å². The SMILES string of the molecule is CC(C)(C)OC(=O)N[C@@H]1[C@H](O)[C@@H](CO)C[C@H]1Nc1ncncc1C(=O)c1ccn(Cc2cccc(Br)c2)n1. The molecule has 202 valence electrons. The van der Waals surface area contributed by atoms with E-state index in [1.54, 1.807) is 37.7 Å². The molecule has 0 spiro atoms. The molecule has 3 aromatic rings. The van der Waals surface area contributed by atoms with Gasteiger partial charge in [-0.25, -0.2) is 14.8 Å². The molecule has 4 rings (SSSR count). The van der Waals surface area contributed by atoms with Crippen molar-refractivity contribution in [3.05, 3.63) is 70.3 Å². The highest BCUT2D eigenvalue weighted by molar-refractivity contribution is 9.10. The Hall–Kier alpha value is -3.35. The fraction of sp³-hybridized carbons (Fsp3) is 0.423. The molecule has 1 saturated carbocycles. The largest absolute Gasteiger partial charge is 0.444 e. The molecule has 38 heavy (non-hydrogen) atoms. The Morgan fingerprint density at radius 3 is 2.76 bits per heavy atom. The predicted molar refractivity (Wildman–Crippen MR) is 143 cm³/mol. The number of hydrogen-bond donors (Lipinski definition) is 4.